The number of aromatic nitrogens is 1. The number of hydrogen-bond donors (Lipinski definition) is 1. The van der Waals surface area contributed by atoms with Gasteiger partial charge in [0.15, 0.2) is 0 Å². The van der Waals surface area contributed by atoms with Crippen LogP contribution in [0.4, 0.5) is 4.39 Å². The number of benzene rings is 1. The van der Waals surface area contributed by atoms with Gasteiger partial charge >= 0.3 is 0 Å². The van der Waals surface area contributed by atoms with Crippen LogP contribution < -0.4 is 5.56 Å². The fraction of sp³-hybridized carbons (Fsp3) is 0.471. The van der Waals surface area contributed by atoms with Gasteiger partial charge in [-0.05, 0) is 57.7 Å². The number of pyridine rings is 1. The Morgan fingerprint density at radius 3 is 2.33 bits per heavy atom. The van der Waals surface area contributed by atoms with Gasteiger partial charge in [0, 0.05) is 24.3 Å². The van der Waals surface area contributed by atoms with Crippen LogP contribution in [0.3, 0.4) is 0 Å². The summed E-state index contributed by atoms with van der Waals surface area (Å²) in [7, 11) is 0. The van der Waals surface area contributed by atoms with E-state index in [2.05, 4.69) is 37.6 Å². The van der Waals surface area contributed by atoms with E-state index in [1.165, 1.54) is 12.1 Å². The Kier molecular flexibility index (Phi) is 4.47. The Hall–Kier alpha value is -1.68. The molecule has 0 saturated heterocycles. The summed E-state index contributed by atoms with van der Waals surface area (Å²) < 4.78 is 13.4. The summed E-state index contributed by atoms with van der Waals surface area (Å²) in [4.78, 5) is 17.2. The molecule has 2 aromatic rings. The number of fused-ring (bicyclic) bond motifs is 1. The maximum atomic E-state index is 13.4. The number of aryl methyl sites for hydroxylation is 1. The third-order valence-electron chi connectivity index (χ3n) is 3.97. The number of halogens is 1. The highest BCUT2D eigenvalue weighted by atomic mass is 19.1. The van der Waals surface area contributed by atoms with E-state index in [9.17, 15) is 9.18 Å². The summed E-state index contributed by atoms with van der Waals surface area (Å²) in [6.45, 7) is 11.3. The molecule has 0 aliphatic heterocycles. The quantitative estimate of drug-likeness (QED) is 0.934. The molecule has 2 rings (SSSR count). The van der Waals surface area contributed by atoms with Crippen molar-refractivity contribution < 1.29 is 4.39 Å². The van der Waals surface area contributed by atoms with Crippen molar-refractivity contribution in [1.82, 2.24) is 9.88 Å². The first-order chi connectivity index (χ1) is 9.81. The van der Waals surface area contributed by atoms with Crippen LogP contribution in [-0.4, -0.2) is 22.0 Å². The summed E-state index contributed by atoms with van der Waals surface area (Å²) in [6, 6.07) is 5.23. The predicted molar refractivity (Wildman–Crippen MR) is 85.1 cm³/mol. The van der Waals surface area contributed by atoms with Gasteiger partial charge in [0.1, 0.15) is 5.82 Å². The van der Waals surface area contributed by atoms with Gasteiger partial charge in [-0.1, -0.05) is 6.07 Å². The van der Waals surface area contributed by atoms with E-state index >= 15 is 0 Å². The molecule has 0 unspecified atom stereocenters. The van der Waals surface area contributed by atoms with Crippen LogP contribution in [0.2, 0.25) is 0 Å². The molecule has 0 amide bonds. The van der Waals surface area contributed by atoms with Crippen LogP contribution in [-0.2, 0) is 6.54 Å². The van der Waals surface area contributed by atoms with E-state index in [4.69, 9.17) is 0 Å². The molecule has 0 radical (unpaired) electrons. The fourth-order valence-electron chi connectivity index (χ4n) is 2.83. The Bertz CT molecular complexity index is 696. The van der Waals surface area contributed by atoms with Gasteiger partial charge in [-0.3, -0.25) is 9.69 Å². The number of H-pyrrole nitrogens is 1. The van der Waals surface area contributed by atoms with Crippen LogP contribution >= 0.6 is 0 Å². The number of nitrogens with one attached hydrogen (secondary N) is 1. The van der Waals surface area contributed by atoms with Crippen LogP contribution in [0, 0.1) is 12.7 Å². The minimum Gasteiger partial charge on any atom is -0.326 e. The summed E-state index contributed by atoms with van der Waals surface area (Å²) >= 11 is 0. The SMILES string of the molecule is Cc1[nH]c(=O)c2cc(F)ccc2c1CN(C(C)C)C(C)C. The first-order valence-electron chi connectivity index (χ1n) is 7.38. The van der Waals surface area contributed by atoms with Gasteiger partial charge in [0.05, 0.1) is 5.39 Å². The minimum absolute atomic E-state index is 0.230. The lowest BCUT2D eigenvalue weighted by Crippen LogP contribution is -2.36. The van der Waals surface area contributed by atoms with Gasteiger partial charge in [0.25, 0.3) is 5.56 Å². The molecule has 0 spiro atoms. The molecule has 1 N–H and O–H groups in total. The van der Waals surface area contributed by atoms with Crippen LogP contribution in [0.5, 0.6) is 0 Å². The number of hydrogen-bond acceptors (Lipinski definition) is 2. The van der Waals surface area contributed by atoms with Crippen LogP contribution in [0.1, 0.15) is 39.0 Å². The standard InChI is InChI=1S/C17H23FN2O/c1-10(2)20(11(3)4)9-16-12(5)19-17(21)15-8-13(18)6-7-14(15)16/h6-8,10-11H,9H2,1-5H3,(H,19,21). The van der Waals surface area contributed by atoms with Gasteiger partial charge in [-0.15, -0.1) is 0 Å². The molecule has 1 aromatic heterocycles. The largest absolute Gasteiger partial charge is 0.326 e. The second kappa shape index (κ2) is 5.98. The van der Waals surface area contributed by atoms with Gasteiger partial charge < -0.3 is 4.98 Å². The highest BCUT2D eigenvalue weighted by molar-refractivity contribution is 5.85. The van der Waals surface area contributed by atoms with Crippen molar-refractivity contribution >= 4 is 10.8 Å². The van der Waals surface area contributed by atoms with Crippen molar-refractivity contribution in [3.63, 3.8) is 0 Å². The van der Waals surface area contributed by atoms with Crippen LogP contribution in [0.25, 0.3) is 10.8 Å². The third-order valence-corrected chi connectivity index (χ3v) is 3.97. The second-order valence-corrected chi connectivity index (χ2v) is 6.11. The molecule has 3 nitrogen and oxygen atoms in total. The molecule has 0 aliphatic rings. The number of rotatable bonds is 4. The molecule has 0 fully saturated rings. The minimum atomic E-state index is -0.382. The molecule has 114 valence electrons. The summed E-state index contributed by atoms with van der Waals surface area (Å²) in [5.41, 5.74) is 1.68. The lowest BCUT2D eigenvalue weighted by Gasteiger charge is -2.31. The molecule has 1 heterocycles. The maximum absolute atomic E-state index is 13.4. The zero-order valence-electron chi connectivity index (χ0n) is 13.3. The maximum Gasteiger partial charge on any atom is 0.256 e. The molecule has 4 heteroatoms. The monoisotopic (exact) mass is 290 g/mol. The molecular formula is C17H23FN2O. The van der Waals surface area contributed by atoms with Crippen LogP contribution in [0.15, 0.2) is 23.0 Å². The zero-order valence-corrected chi connectivity index (χ0v) is 13.3. The Balaban J connectivity index is 2.60. The van der Waals surface area contributed by atoms with Crippen molar-refractivity contribution in [2.24, 2.45) is 0 Å². The van der Waals surface area contributed by atoms with E-state index in [1.807, 2.05) is 6.92 Å². The van der Waals surface area contributed by atoms with E-state index in [1.54, 1.807) is 6.07 Å². The Morgan fingerprint density at radius 1 is 1.14 bits per heavy atom. The molecular weight excluding hydrogens is 267 g/mol. The molecule has 21 heavy (non-hydrogen) atoms. The van der Waals surface area contributed by atoms with Gasteiger partial charge in [0.2, 0.25) is 0 Å². The normalized spacial score (nSPS) is 12.0. The van der Waals surface area contributed by atoms with E-state index < -0.39 is 0 Å². The van der Waals surface area contributed by atoms with Gasteiger partial charge in [-0.2, -0.15) is 0 Å². The number of nitrogens with zero attached hydrogens (tertiary/aromatic N) is 1. The van der Waals surface area contributed by atoms with E-state index in [0.29, 0.717) is 17.5 Å². The highest BCUT2D eigenvalue weighted by Gasteiger charge is 2.17. The highest BCUT2D eigenvalue weighted by Crippen LogP contribution is 2.22. The van der Waals surface area contributed by atoms with Crippen molar-refractivity contribution in [3.05, 3.63) is 45.6 Å². The lowest BCUT2D eigenvalue weighted by molar-refractivity contribution is 0.166. The van der Waals surface area contributed by atoms with E-state index in [0.717, 1.165) is 23.2 Å². The third kappa shape index (κ3) is 3.16. The summed E-state index contributed by atoms with van der Waals surface area (Å²) in [6.07, 6.45) is 0. The molecule has 0 bridgehead atoms. The van der Waals surface area contributed by atoms with Crippen molar-refractivity contribution in [2.45, 2.75) is 53.2 Å². The zero-order chi connectivity index (χ0) is 15.7. The summed E-state index contributed by atoms with van der Waals surface area (Å²) in [5.74, 6) is -0.382. The average molecular weight is 290 g/mol. The Labute approximate surface area is 124 Å². The predicted octanol–water partition coefficient (Wildman–Crippen LogP) is 3.59. The molecule has 0 aliphatic carbocycles. The fourth-order valence-corrected chi connectivity index (χ4v) is 2.83. The van der Waals surface area contributed by atoms with Crippen molar-refractivity contribution in [2.75, 3.05) is 0 Å². The molecule has 0 saturated carbocycles. The first-order valence-corrected chi connectivity index (χ1v) is 7.38. The molecule has 0 atom stereocenters. The lowest BCUT2D eigenvalue weighted by atomic mass is 10.0. The second-order valence-electron chi connectivity index (χ2n) is 6.11. The average Bonchev–Trinajstić information content (AvgIpc) is 2.38. The summed E-state index contributed by atoms with van der Waals surface area (Å²) in [5, 5.41) is 1.26. The van der Waals surface area contributed by atoms with E-state index in [-0.39, 0.29) is 11.4 Å². The van der Waals surface area contributed by atoms with Crippen molar-refractivity contribution in [3.8, 4) is 0 Å². The topological polar surface area (TPSA) is 36.1 Å². The first kappa shape index (κ1) is 15.7. The smallest absolute Gasteiger partial charge is 0.256 e. The van der Waals surface area contributed by atoms with Gasteiger partial charge in [-0.25, -0.2) is 4.39 Å². The van der Waals surface area contributed by atoms with Crippen molar-refractivity contribution in [1.29, 1.82) is 0 Å². The molecule has 1 aromatic carbocycles. The Morgan fingerprint density at radius 2 is 1.76 bits per heavy atom. The number of aromatic amines is 1.